The molecule has 0 aliphatic carbocycles. The van der Waals surface area contributed by atoms with Gasteiger partial charge in [0.2, 0.25) is 11.9 Å². The van der Waals surface area contributed by atoms with E-state index in [9.17, 15) is 19.8 Å². The Hall–Kier alpha value is -4.84. The van der Waals surface area contributed by atoms with Crippen LogP contribution < -0.4 is 16.2 Å². The first-order chi connectivity index (χ1) is 19.4. The van der Waals surface area contributed by atoms with E-state index in [0.29, 0.717) is 11.3 Å². The van der Waals surface area contributed by atoms with Crippen molar-refractivity contribution in [2.24, 2.45) is 0 Å². The molecule has 1 saturated heterocycles. The van der Waals surface area contributed by atoms with Crippen LogP contribution in [0.4, 0.5) is 17.6 Å². The molecule has 3 atom stereocenters. The average Bonchev–Trinajstić information content (AvgIpc) is 3.54. The molecule has 1 aliphatic rings. The number of nitrogens with two attached hydrogens (primary N) is 1. The maximum Gasteiger partial charge on any atom is 0.280 e. The first kappa shape index (κ1) is 25.4. The lowest BCUT2D eigenvalue weighted by Crippen LogP contribution is -2.30. The number of hydrogen-bond donors (Lipinski definition) is 4. The van der Waals surface area contributed by atoms with Crippen LogP contribution >= 0.6 is 0 Å². The van der Waals surface area contributed by atoms with E-state index in [1.807, 2.05) is 42.5 Å². The molecule has 11 heteroatoms. The number of H-pyrrole nitrogens is 1. The van der Waals surface area contributed by atoms with Crippen LogP contribution in [0.1, 0.15) is 23.0 Å². The molecule has 1 fully saturated rings. The van der Waals surface area contributed by atoms with Gasteiger partial charge in [-0.2, -0.15) is 4.98 Å². The fraction of sp³-hybridized carbons (Fsp3) is 0.172. The molecular formula is C29H26N6O5. The van der Waals surface area contributed by atoms with Crippen LogP contribution in [0.2, 0.25) is 0 Å². The molecule has 0 unspecified atom stereocenters. The third-order valence-electron chi connectivity index (χ3n) is 6.88. The topological polar surface area (TPSA) is 160 Å². The molecule has 1 aliphatic heterocycles. The highest BCUT2D eigenvalue weighted by molar-refractivity contribution is 6.10. The highest BCUT2D eigenvalue weighted by Crippen LogP contribution is 2.38. The van der Waals surface area contributed by atoms with Gasteiger partial charge in [-0.1, -0.05) is 60.7 Å². The second kappa shape index (κ2) is 10.4. The molecule has 6 rings (SSSR count). The van der Waals surface area contributed by atoms with Crippen molar-refractivity contribution in [3.63, 3.8) is 0 Å². The van der Waals surface area contributed by atoms with Crippen LogP contribution in [0.15, 0.2) is 89.7 Å². The largest absolute Gasteiger partial charge is 0.394 e. The third-order valence-corrected chi connectivity index (χ3v) is 6.88. The van der Waals surface area contributed by atoms with Crippen LogP contribution in [0.25, 0.3) is 22.3 Å². The number of fused-ring (bicyclic) bond motifs is 1. The lowest BCUT2D eigenvalue weighted by atomic mass is 10.1. The van der Waals surface area contributed by atoms with E-state index in [1.165, 1.54) is 9.47 Å². The van der Waals surface area contributed by atoms with Gasteiger partial charge < -0.3 is 20.7 Å². The molecule has 3 heterocycles. The van der Waals surface area contributed by atoms with Gasteiger partial charge in [-0.25, -0.2) is 9.88 Å². The summed E-state index contributed by atoms with van der Waals surface area (Å²) in [5, 5.41) is 20.2. The second-order valence-corrected chi connectivity index (χ2v) is 9.44. The number of carbonyl (C=O) groups is 1. The van der Waals surface area contributed by atoms with Crippen molar-refractivity contribution in [1.82, 2.24) is 19.5 Å². The van der Waals surface area contributed by atoms with Crippen molar-refractivity contribution in [2.45, 2.75) is 24.9 Å². The van der Waals surface area contributed by atoms with E-state index in [4.69, 9.17) is 10.5 Å². The molecule has 40 heavy (non-hydrogen) atoms. The van der Waals surface area contributed by atoms with Crippen molar-refractivity contribution in [2.75, 3.05) is 17.2 Å². The highest BCUT2D eigenvalue weighted by atomic mass is 16.5. The molecule has 0 spiro atoms. The van der Waals surface area contributed by atoms with Crippen molar-refractivity contribution >= 4 is 34.7 Å². The maximum absolute atomic E-state index is 14.1. The Bertz CT molecular complexity index is 1720. The predicted molar refractivity (Wildman–Crippen MR) is 149 cm³/mol. The number of anilines is 3. The SMILES string of the molecule is Nc1nc2c(nc(N(C(=O)c3ccccc3)c3ccc(-c4ccccc4)cc3)n2[C@H]2C[C@H](O)[C@@H](CO)O2)c(=O)[nH]1. The van der Waals surface area contributed by atoms with E-state index in [0.717, 1.165) is 11.1 Å². The van der Waals surface area contributed by atoms with E-state index >= 15 is 0 Å². The molecule has 0 bridgehead atoms. The summed E-state index contributed by atoms with van der Waals surface area (Å²) in [6, 6.07) is 25.9. The molecule has 2 aromatic heterocycles. The normalized spacial score (nSPS) is 18.7. The number of rotatable bonds is 6. The summed E-state index contributed by atoms with van der Waals surface area (Å²) in [5.41, 5.74) is 8.13. The second-order valence-electron chi connectivity index (χ2n) is 9.44. The summed E-state index contributed by atoms with van der Waals surface area (Å²) >= 11 is 0. The summed E-state index contributed by atoms with van der Waals surface area (Å²) in [5.74, 6) is -0.502. The summed E-state index contributed by atoms with van der Waals surface area (Å²) in [7, 11) is 0. The number of hydrogen-bond acceptors (Lipinski definition) is 8. The summed E-state index contributed by atoms with van der Waals surface area (Å²) in [4.78, 5) is 39.7. The number of aliphatic hydroxyl groups is 2. The zero-order chi connectivity index (χ0) is 27.8. The Morgan fingerprint density at radius 3 is 2.30 bits per heavy atom. The van der Waals surface area contributed by atoms with E-state index in [-0.39, 0.29) is 29.5 Å². The van der Waals surface area contributed by atoms with Gasteiger partial charge in [-0.05, 0) is 35.4 Å². The number of carbonyl (C=O) groups excluding carboxylic acids is 1. The number of nitrogen functional groups attached to an aromatic ring is 1. The molecule has 202 valence electrons. The molecule has 0 saturated carbocycles. The van der Waals surface area contributed by atoms with E-state index < -0.39 is 36.5 Å². The van der Waals surface area contributed by atoms with Crippen LogP contribution in [0.3, 0.4) is 0 Å². The molecule has 0 radical (unpaired) electrons. The van der Waals surface area contributed by atoms with Gasteiger partial charge in [0.25, 0.3) is 11.5 Å². The molecule has 5 aromatic rings. The first-order valence-electron chi connectivity index (χ1n) is 12.7. The smallest absolute Gasteiger partial charge is 0.280 e. The van der Waals surface area contributed by atoms with Crippen molar-refractivity contribution < 1.29 is 19.7 Å². The molecule has 5 N–H and O–H groups in total. The average molecular weight is 539 g/mol. The van der Waals surface area contributed by atoms with Crippen molar-refractivity contribution in [3.8, 4) is 11.1 Å². The highest BCUT2D eigenvalue weighted by Gasteiger charge is 2.39. The van der Waals surface area contributed by atoms with Crippen molar-refractivity contribution in [1.29, 1.82) is 0 Å². The quantitative estimate of drug-likeness (QED) is 0.257. The van der Waals surface area contributed by atoms with Crippen LogP contribution in [-0.4, -0.2) is 54.5 Å². The van der Waals surface area contributed by atoms with Gasteiger partial charge >= 0.3 is 0 Å². The number of imidazole rings is 1. The first-order valence-corrected chi connectivity index (χ1v) is 12.7. The number of benzene rings is 3. The minimum Gasteiger partial charge on any atom is -0.394 e. The Balaban J connectivity index is 1.56. The minimum absolute atomic E-state index is 0.0516. The van der Waals surface area contributed by atoms with Crippen LogP contribution in [0, 0.1) is 0 Å². The van der Waals surface area contributed by atoms with Crippen LogP contribution in [0.5, 0.6) is 0 Å². The maximum atomic E-state index is 14.1. The summed E-state index contributed by atoms with van der Waals surface area (Å²) in [6.45, 7) is -0.413. The summed E-state index contributed by atoms with van der Waals surface area (Å²) < 4.78 is 7.41. The van der Waals surface area contributed by atoms with E-state index in [1.54, 1.807) is 42.5 Å². The monoisotopic (exact) mass is 538 g/mol. The van der Waals surface area contributed by atoms with Gasteiger partial charge in [0.15, 0.2) is 11.2 Å². The Morgan fingerprint density at radius 2 is 1.65 bits per heavy atom. The number of nitrogens with one attached hydrogen (secondary N) is 1. The number of aliphatic hydroxyl groups excluding tert-OH is 2. The van der Waals surface area contributed by atoms with Gasteiger partial charge in [0.1, 0.15) is 12.3 Å². The predicted octanol–water partition coefficient (Wildman–Crippen LogP) is 2.99. The number of aromatic nitrogens is 4. The van der Waals surface area contributed by atoms with Gasteiger partial charge in [-0.3, -0.25) is 19.1 Å². The molecule has 11 nitrogen and oxygen atoms in total. The third kappa shape index (κ3) is 4.51. The van der Waals surface area contributed by atoms with E-state index in [2.05, 4.69) is 15.0 Å². The number of aromatic amines is 1. The van der Waals surface area contributed by atoms with Gasteiger partial charge in [-0.15, -0.1) is 0 Å². The standard InChI is InChI=1S/C29H26N6O5/c30-28-32-25-24(26(38)33-28)31-29(35(25)23-15-21(37)22(16-36)40-23)34(27(39)19-9-5-2-6-10-19)20-13-11-18(12-14-20)17-7-3-1-4-8-17/h1-14,21-23,36-37H,15-16H2,(H3,30,32,33,38)/t21-,22+,23+/m0/s1. The zero-order valence-electron chi connectivity index (χ0n) is 21.2. The van der Waals surface area contributed by atoms with Gasteiger partial charge in [0, 0.05) is 12.0 Å². The summed E-state index contributed by atoms with van der Waals surface area (Å²) in [6.07, 6.45) is -2.67. The number of nitrogens with zero attached hydrogens (tertiary/aromatic N) is 4. The Morgan fingerprint density at radius 1 is 1.00 bits per heavy atom. The number of amides is 1. The Kier molecular flexibility index (Phi) is 6.60. The van der Waals surface area contributed by atoms with Crippen LogP contribution in [-0.2, 0) is 4.74 Å². The molecule has 1 amide bonds. The molecular weight excluding hydrogens is 512 g/mol. The van der Waals surface area contributed by atoms with Crippen molar-refractivity contribution in [3.05, 3.63) is 101 Å². The zero-order valence-corrected chi connectivity index (χ0v) is 21.2. The lowest BCUT2D eigenvalue weighted by Gasteiger charge is -2.25. The fourth-order valence-electron chi connectivity index (χ4n) is 4.92. The molecule has 3 aromatic carbocycles. The Labute approximate surface area is 228 Å². The minimum atomic E-state index is -0.983. The lowest BCUT2D eigenvalue weighted by molar-refractivity contribution is -0.0426. The number of ether oxygens (including phenoxy) is 1. The fourth-order valence-corrected chi connectivity index (χ4v) is 4.92. The van der Waals surface area contributed by atoms with Gasteiger partial charge in [0.05, 0.1) is 18.4 Å².